The van der Waals surface area contributed by atoms with Gasteiger partial charge in [-0.3, -0.25) is 9.48 Å². The van der Waals surface area contributed by atoms with E-state index in [1.807, 2.05) is 7.05 Å². The van der Waals surface area contributed by atoms with Gasteiger partial charge in [-0.25, -0.2) is 0 Å². The van der Waals surface area contributed by atoms with Crippen molar-refractivity contribution in [1.82, 2.24) is 15.1 Å². The summed E-state index contributed by atoms with van der Waals surface area (Å²) >= 11 is 0. The molecule has 0 fully saturated rings. The lowest BCUT2D eigenvalue weighted by molar-refractivity contribution is 0.0927. The molecule has 3 rings (SSSR count). The van der Waals surface area contributed by atoms with Crippen LogP contribution in [0.1, 0.15) is 40.0 Å². The van der Waals surface area contributed by atoms with Gasteiger partial charge in [-0.05, 0) is 30.4 Å². The van der Waals surface area contributed by atoms with Gasteiger partial charge in [0, 0.05) is 13.2 Å². The number of aromatic nitrogens is 2. The topological polar surface area (TPSA) is 46.9 Å². The third-order valence-electron chi connectivity index (χ3n) is 4.00. The number of benzene rings is 1. The molecule has 2 unspecified atom stereocenters. The van der Waals surface area contributed by atoms with E-state index in [9.17, 15) is 4.79 Å². The first-order valence-corrected chi connectivity index (χ1v) is 6.93. The van der Waals surface area contributed by atoms with Gasteiger partial charge in [0.15, 0.2) is 0 Å². The molecule has 1 aliphatic rings. The van der Waals surface area contributed by atoms with Crippen molar-refractivity contribution in [2.24, 2.45) is 13.0 Å². The number of rotatable bonds is 2. The summed E-state index contributed by atoms with van der Waals surface area (Å²) in [5, 5.41) is 7.19. The van der Waals surface area contributed by atoms with Gasteiger partial charge in [-0.2, -0.15) is 5.10 Å². The highest BCUT2D eigenvalue weighted by Crippen LogP contribution is 2.36. The second-order valence-corrected chi connectivity index (χ2v) is 5.74. The van der Waals surface area contributed by atoms with E-state index in [-0.39, 0.29) is 11.9 Å². The molecule has 2 atom stereocenters. The van der Waals surface area contributed by atoms with Crippen molar-refractivity contribution < 1.29 is 4.79 Å². The fourth-order valence-electron chi connectivity index (χ4n) is 2.94. The van der Waals surface area contributed by atoms with Crippen LogP contribution in [0, 0.1) is 12.8 Å². The SMILES string of the molecule is Cc1ccc2c(c1)C(NC(=O)c1cnn(C)c1)C(C)C2. The quantitative estimate of drug-likeness (QED) is 0.910. The van der Waals surface area contributed by atoms with Gasteiger partial charge in [0.2, 0.25) is 0 Å². The summed E-state index contributed by atoms with van der Waals surface area (Å²) in [6, 6.07) is 6.60. The number of hydrogen-bond acceptors (Lipinski definition) is 2. The molecule has 1 heterocycles. The molecule has 4 nitrogen and oxygen atoms in total. The number of carbonyl (C=O) groups excluding carboxylic acids is 1. The zero-order valence-corrected chi connectivity index (χ0v) is 12.1. The zero-order valence-electron chi connectivity index (χ0n) is 12.1. The number of carbonyl (C=O) groups is 1. The Morgan fingerprint density at radius 2 is 2.25 bits per heavy atom. The third-order valence-corrected chi connectivity index (χ3v) is 4.00. The van der Waals surface area contributed by atoms with E-state index in [1.165, 1.54) is 16.7 Å². The average Bonchev–Trinajstić information content (AvgIpc) is 2.95. The summed E-state index contributed by atoms with van der Waals surface area (Å²) in [5.74, 6) is 0.372. The van der Waals surface area contributed by atoms with Gasteiger partial charge in [0.25, 0.3) is 5.91 Å². The Morgan fingerprint density at radius 3 is 2.95 bits per heavy atom. The number of fused-ring (bicyclic) bond motifs is 1. The van der Waals surface area contributed by atoms with E-state index in [0.717, 1.165) is 6.42 Å². The van der Waals surface area contributed by atoms with E-state index >= 15 is 0 Å². The van der Waals surface area contributed by atoms with Crippen molar-refractivity contribution in [3.8, 4) is 0 Å². The van der Waals surface area contributed by atoms with Crippen LogP contribution in [0.3, 0.4) is 0 Å². The Hall–Kier alpha value is -2.10. The van der Waals surface area contributed by atoms with E-state index in [0.29, 0.717) is 11.5 Å². The van der Waals surface area contributed by atoms with E-state index in [2.05, 4.69) is 42.5 Å². The lowest BCUT2D eigenvalue weighted by Crippen LogP contribution is -2.30. The predicted molar refractivity (Wildman–Crippen MR) is 77.5 cm³/mol. The maximum atomic E-state index is 12.3. The average molecular weight is 269 g/mol. The highest BCUT2D eigenvalue weighted by atomic mass is 16.1. The fraction of sp³-hybridized carbons (Fsp3) is 0.375. The standard InChI is InChI=1S/C16H19N3O/c1-10-4-5-12-7-11(2)15(14(12)6-10)18-16(20)13-8-17-19(3)9-13/h4-6,8-9,11,15H,7H2,1-3H3,(H,18,20). The Kier molecular flexibility index (Phi) is 3.08. The summed E-state index contributed by atoms with van der Waals surface area (Å²) in [5.41, 5.74) is 4.45. The minimum Gasteiger partial charge on any atom is -0.345 e. The summed E-state index contributed by atoms with van der Waals surface area (Å²) in [6.45, 7) is 4.27. The molecule has 4 heteroatoms. The van der Waals surface area contributed by atoms with Crippen molar-refractivity contribution >= 4 is 5.91 Å². The molecular weight excluding hydrogens is 250 g/mol. The fourth-order valence-corrected chi connectivity index (χ4v) is 2.94. The second kappa shape index (κ2) is 4.78. The summed E-state index contributed by atoms with van der Waals surface area (Å²) in [7, 11) is 1.81. The van der Waals surface area contributed by atoms with Crippen LogP contribution in [0.4, 0.5) is 0 Å². The minimum atomic E-state index is -0.0516. The van der Waals surface area contributed by atoms with Crippen LogP contribution in [0.15, 0.2) is 30.6 Å². The van der Waals surface area contributed by atoms with Crippen molar-refractivity contribution in [3.63, 3.8) is 0 Å². The molecule has 104 valence electrons. The molecule has 0 saturated heterocycles. The number of amides is 1. The van der Waals surface area contributed by atoms with Gasteiger partial charge in [0.1, 0.15) is 0 Å². The molecule has 1 aliphatic carbocycles. The van der Waals surface area contributed by atoms with Gasteiger partial charge >= 0.3 is 0 Å². The Balaban J connectivity index is 1.85. The molecule has 0 radical (unpaired) electrons. The first-order valence-electron chi connectivity index (χ1n) is 6.93. The van der Waals surface area contributed by atoms with Crippen LogP contribution in [0.5, 0.6) is 0 Å². The number of aryl methyl sites for hydroxylation is 2. The van der Waals surface area contributed by atoms with Crippen molar-refractivity contribution in [2.45, 2.75) is 26.3 Å². The first kappa shape index (κ1) is 12.9. The molecule has 0 aliphatic heterocycles. The Morgan fingerprint density at radius 1 is 1.45 bits per heavy atom. The van der Waals surface area contributed by atoms with Crippen molar-refractivity contribution in [3.05, 3.63) is 52.8 Å². The predicted octanol–water partition coefficient (Wildman–Crippen LogP) is 2.39. The van der Waals surface area contributed by atoms with Crippen LogP contribution in [-0.2, 0) is 13.5 Å². The lowest BCUT2D eigenvalue weighted by atomic mass is 10.0. The van der Waals surface area contributed by atoms with E-state index < -0.39 is 0 Å². The molecular formula is C16H19N3O. The molecule has 1 aromatic carbocycles. The normalized spacial score (nSPS) is 20.8. The minimum absolute atomic E-state index is 0.0516. The molecule has 2 aromatic rings. The molecule has 1 aromatic heterocycles. The third kappa shape index (κ3) is 2.22. The Bertz CT molecular complexity index is 659. The first-order chi connectivity index (χ1) is 9.54. The monoisotopic (exact) mass is 269 g/mol. The zero-order chi connectivity index (χ0) is 14.3. The molecule has 0 bridgehead atoms. The van der Waals surface area contributed by atoms with Gasteiger partial charge in [0.05, 0.1) is 17.8 Å². The van der Waals surface area contributed by atoms with Crippen LogP contribution in [-0.4, -0.2) is 15.7 Å². The summed E-state index contributed by atoms with van der Waals surface area (Å²) in [4.78, 5) is 12.3. The molecule has 1 amide bonds. The van der Waals surface area contributed by atoms with Crippen LogP contribution in [0.2, 0.25) is 0 Å². The van der Waals surface area contributed by atoms with Gasteiger partial charge < -0.3 is 5.32 Å². The maximum absolute atomic E-state index is 12.3. The summed E-state index contributed by atoms with van der Waals surface area (Å²) < 4.78 is 1.64. The van der Waals surface area contributed by atoms with Crippen LogP contribution in [0.25, 0.3) is 0 Å². The van der Waals surface area contributed by atoms with Gasteiger partial charge in [-0.1, -0.05) is 30.7 Å². The Labute approximate surface area is 118 Å². The number of hydrogen-bond donors (Lipinski definition) is 1. The molecule has 20 heavy (non-hydrogen) atoms. The van der Waals surface area contributed by atoms with E-state index in [4.69, 9.17) is 0 Å². The molecule has 0 spiro atoms. The maximum Gasteiger partial charge on any atom is 0.254 e. The molecule has 0 saturated carbocycles. The van der Waals surface area contributed by atoms with Crippen molar-refractivity contribution in [1.29, 1.82) is 0 Å². The smallest absolute Gasteiger partial charge is 0.254 e. The van der Waals surface area contributed by atoms with E-state index in [1.54, 1.807) is 17.1 Å². The van der Waals surface area contributed by atoms with Gasteiger partial charge in [-0.15, -0.1) is 0 Å². The number of nitrogens with one attached hydrogen (secondary N) is 1. The highest BCUT2D eigenvalue weighted by molar-refractivity contribution is 5.94. The number of nitrogens with zero attached hydrogens (tertiary/aromatic N) is 2. The van der Waals surface area contributed by atoms with Crippen LogP contribution >= 0.6 is 0 Å². The summed E-state index contributed by atoms with van der Waals surface area (Å²) in [6.07, 6.45) is 4.37. The second-order valence-electron chi connectivity index (χ2n) is 5.74. The van der Waals surface area contributed by atoms with Crippen molar-refractivity contribution in [2.75, 3.05) is 0 Å². The molecule has 1 N–H and O–H groups in total. The van der Waals surface area contributed by atoms with Crippen LogP contribution < -0.4 is 5.32 Å². The highest BCUT2D eigenvalue weighted by Gasteiger charge is 2.30. The lowest BCUT2D eigenvalue weighted by Gasteiger charge is -2.18. The largest absolute Gasteiger partial charge is 0.345 e.